The minimum absolute atomic E-state index is 0.106. The Morgan fingerprint density at radius 2 is 0.738 bits per heavy atom. The maximum Gasteiger partial charge on any atom is 0.220 e. The lowest BCUT2D eigenvalue weighted by molar-refractivity contribution is -0.123. The first kappa shape index (κ1) is 58.1. The fraction of sp³-hybridized carbons (Fsp3) is 0.667. The molecule has 0 saturated heterocycles. The largest absolute Gasteiger partial charge is 0.394 e. The third kappa shape index (κ3) is 47.9. The van der Waals surface area contributed by atoms with Crippen molar-refractivity contribution in [3.8, 4) is 0 Å². The second-order valence-corrected chi connectivity index (χ2v) is 16.8. The van der Waals surface area contributed by atoms with Crippen LogP contribution in [0.3, 0.4) is 0 Å². The van der Waals surface area contributed by atoms with Gasteiger partial charge in [0.05, 0.1) is 18.8 Å². The van der Waals surface area contributed by atoms with Gasteiger partial charge in [0, 0.05) is 6.42 Å². The molecular formula is C57H97NO3. The van der Waals surface area contributed by atoms with E-state index in [1.807, 2.05) is 6.08 Å². The van der Waals surface area contributed by atoms with Crippen LogP contribution < -0.4 is 5.32 Å². The Hall–Kier alpha value is -2.95. The second-order valence-electron chi connectivity index (χ2n) is 16.8. The third-order valence-electron chi connectivity index (χ3n) is 11.0. The summed E-state index contributed by atoms with van der Waals surface area (Å²) in [6.07, 6.45) is 77.9. The number of rotatable bonds is 45. The summed E-state index contributed by atoms with van der Waals surface area (Å²) in [7, 11) is 0. The Morgan fingerprint density at radius 1 is 0.410 bits per heavy atom. The van der Waals surface area contributed by atoms with Crippen molar-refractivity contribution in [3.05, 3.63) is 109 Å². The molecule has 348 valence electrons. The Morgan fingerprint density at radius 3 is 1.15 bits per heavy atom. The standard InChI is InChI=1S/C57H97NO3/c1-3-5-7-9-11-13-15-17-19-21-23-25-27-28-29-31-32-34-36-38-40-42-44-46-48-50-52-56(60)55(54-59)58-57(61)53-51-49-47-45-43-41-39-37-35-33-30-26-24-22-20-18-16-14-12-10-8-6-4-2/h6,8,12,14,18,20,24,26,33-36,39,41-42,44,50,52,55-56,59-60H,3-5,7,9-11,13,15-17,19,21-23,25,27-32,37-38,40,43,45-49,51,53-54H2,1-2H3,(H,58,61)/b8-6-,14-12-,20-18-,26-24-,35-33-,36-34+,41-39-,44-42+,52-50+. The van der Waals surface area contributed by atoms with Gasteiger partial charge in [-0.2, -0.15) is 0 Å². The molecule has 0 saturated carbocycles. The van der Waals surface area contributed by atoms with Crippen LogP contribution in [0.15, 0.2) is 109 Å². The van der Waals surface area contributed by atoms with Crippen LogP contribution in [0.2, 0.25) is 0 Å². The maximum atomic E-state index is 12.4. The normalized spacial score (nSPS) is 13.8. The van der Waals surface area contributed by atoms with Crippen LogP contribution >= 0.6 is 0 Å². The molecule has 0 bridgehead atoms. The van der Waals surface area contributed by atoms with Crippen LogP contribution in [0.1, 0.15) is 226 Å². The summed E-state index contributed by atoms with van der Waals surface area (Å²) in [5.41, 5.74) is 0. The van der Waals surface area contributed by atoms with E-state index in [1.165, 1.54) is 109 Å². The zero-order valence-electron chi connectivity index (χ0n) is 39.9. The minimum Gasteiger partial charge on any atom is -0.394 e. The van der Waals surface area contributed by atoms with Crippen molar-refractivity contribution in [2.24, 2.45) is 0 Å². The van der Waals surface area contributed by atoms with Crippen molar-refractivity contribution < 1.29 is 15.0 Å². The molecule has 0 spiro atoms. The van der Waals surface area contributed by atoms with Gasteiger partial charge in [-0.3, -0.25) is 4.79 Å². The smallest absolute Gasteiger partial charge is 0.220 e. The Bertz CT molecular complexity index is 1180. The average molecular weight is 844 g/mol. The quantitative estimate of drug-likeness (QED) is 0.0422. The monoisotopic (exact) mass is 844 g/mol. The van der Waals surface area contributed by atoms with E-state index in [0.29, 0.717) is 6.42 Å². The van der Waals surface area contributed by atoms with Gasteiger partial charge in [0.1, 0.15) is 0 Å². The molecule has 2 unspecified atom stereocenters. The molecule has 0 aromatic carbocycles. The first-order valence-electron chi connectivity index (χ1n) is 25.6. The van der Waals surface area contributed by atoms with Gasteiger partial charge >= 0.3 is 0 Å². The topological polar surface area (TPSA) is 69.6 Å². The van der Waals surface area contributed by atoms with Crippen LogP contribution in [0.5, 0.6) is 0 Å². The van der Waals surface area contributed by atoms with Crippen LogP contribution in [0.4, 0.5) is 0 Å². The molecule has 2 atom stereocenters. The van der Waals surface area contributed by atoms with Crippen LogP contribution in [-0.4, -0.2) is 34.9 Å². The van der Waals surface area contributed by atoms with Gasteiger partial charge in [0.2, 0.25) is 5.91 Å². The zero-order valence-corrected chi connectivity index (χ0v) is 39.9. The minimum atomic E-state index is -0.890. The number of carbonyl (C=O) groups excluding carboxylic acids is 1. The zero-order chi connectivity index (χ0) is 44.2. The highest BCUT2D eigenvalue weighted by molar-refractivity contribution is 5.76. The highest BCUT2D eigenvalue weighted by Gasteiger charge is 2.17. The predicted octanol–water partition coefficient (Wildman–Crippen LogP) is 16.7. The highest BCUT2D eigenvalue weighted by atomic mass is 16.3. The summed E-state index contributed by atoms with van der Waals surface area (Å²) in [5, 5.41) is 23.1. The molecule has 0 aromatic rings. The average Bonchev–Trinajstić information content (AvgIpc) is 3.26. The Kier molecular flexibility index (Phi) is 48.9. The number of hydrogen-bond donors (Lipinski definition) is 3. The first-order valence-corrected chi connectivity index (χ1v) is 25.6. The summed E-state index contributed by atoms with van der Waals surface area (Å²) in [6, 6.07) is -0.668. The molecule has 61 heavy (non-hydrogen) atoms. The summed E-state index contributed by atoms with van der Waals surface area (Å²) in [6.45, 7) is 4.17. The first-order chi connectivity index (χ1) is 30.2. The lowest BCUT2D eigenvalue weighted by Gasteiger charge is -2.19. The van der Waals surface area contributed by atoms with Gasteiger partial charge in [0.25, 0.3) is 0 Å². The van der Waals surface area contributed by atoms with E-state index >= 15 is 0 Å². The number of carbonyl (C=O) groups is 1. The van der Waals surface area contributed by atoms with E-state index in [4.69, 9.17) is 0 Å². The molecule has 4 nitrogen and oxygen atoms in total. The molecule has 0 radical (unpaired) electrons. The van der Waals surface area contributed by atoms with Crippen LogP contribution in [-0.2, 0) is 4.79 Å². The van der Waals surface area contributed by atoms with Gasteiger partial charge < -0.3 is 15.5 Å². The lowest BCUT2D eigenvalue weighted by Crippen LogP contribution is -2.45. The van der Waals surface area contributed by atoms with Gasteiger partial charge in [0.15, 0.2) is 0 Å². The Labute approximate surface area is 378 Å². The molecule has 0 aromatic heterocycles. The summed E-state index contributed by atoms with van der Waals surface area (Å²) >= 11 is 0. The van der Waals surface area contributed by atoms with E-state index < -0.39 is 12.1 Å². The van der Waals surface area contributed by atoms with Gasteiger partial charge in [-0.25, -0.2) is 0 Å². The number of allylic oxidation sites excluding steroid dienone is 17. The molecule has 1 amide bonds. The number of hydrogen-bond acceptors (Lipinski definition) is 3. The molecule has 0 fully saturated rings. The fourth-order valence-corrected chi connectivity index (χ4v) is 7.10. The maximum absolute atomic E-state index is 12.4. The summed E-state index contributed by atoms with van der Waals surface area (Å²) < 4.78 is 0. The van der Waals surface area contributed by atoms with Crippen molar-refractivity contribution in [2.75, 3.05) is 6.61 Å². The number of amides is 1. The number of aliphatic hydroxyl groups excluding tert-OH is 2. The van der Waals surface area contributed by atoms with Crippen molar-refractivity contribution in [2.45, 2.75) is 238 Å². The molecule has 0 aliphatic carbocycles. The Balaban J connectivity index is 3.70. The molecular weight excluding hydrogens is 747 g/mol. The van der Waals surface area contributed by atoms with Crippen molar-refractivity contribution in [1.29, 1.82) is 0 Å². The molecule has 0 rings (SSSR count). The van der Waals surface area contributed by atoms with Crippen molar-refractivity contribution in [1.82, 2.24) is 5.32 Å². The second kappa shape index (κ2) is 51.4. The van der Waals surface area contributed by atoms with E-state index in [2.05, 4.69) is 116 Å². The van der Waals surface area contributed by atoms with E-state index in [1.54, 1.807) is 6.08 Å². The van der Waals surface area contributed by atoms with Gasteiger partial charge in [-0.05, 0) is 96.3 Å². The third-order valence-corrected chi connectivity index (χ3v) is 11.0. The number of unbranched alkanes of at least 4 members (excludes halogenated alkanes) is 22. The number of aliphatic hydroxyl groups is 2. The van der Waals surface area contributed by atoms with Crippen LogP contribution in [0, 0.1) is 0 Å². The lowest BCUT2D eigenvalue weighted by atomic mass is 10.0. The summed E-state index contributed by atoms with van der Waals surface area (Å²) in [4.78, 5) is 12.4. The van der Waals surface area contributed by atoms with Gasteiger partial charge in [-0.1, -0.05) is 232 Å². The molecule has 0 heterocycles. The van der Waals surface area contributed by atoms with Crippen molar-refractivity contribution in [3.63, 3.8) is 0 Å². The van der Waals surface area contributed by atoms with Crippen molar-refractivity contribution >= 4 is 5.91 Å². The van der Waals surface area contributed by atoms with E-state index in [9.17, 15) is 15.0 Å². The predicted molar refractivity (Wildman–Crippen MR) is 271 cm³/mol. The van der Waals surface area contributed by atoms with Gasteiger partial charge in [-0.15, -0.1) is 0 Å². The van der Waals surface area contributed by atoms with Crippen LogP contribution in [0.25, 0.3) is 0 Å². The molecule has 4 heteroatoms. The number of nitrogens with one attached hydrogen (secondary N) is 1. The van der Waals surface area contributed by atoms with E-state index in [-0.39, 0.29) is 12.5 Å². The SMILES string of the molecule is CC/C=C\C/C=C\C/C=C\C/C=C\C/C=C\C/C=C\CCCCCCC(=O)NC(CO)C(O)/C=C/CC/C=C/CC/C=C/CCCCCCCCCCCCCCCCCC. The fourth-order valence-electron chi connectivity index (χ4n) is 7.10. The highest BCUT2D eigenvalue weighted by Crippen LogP contribution is 2.14. The molecule has 0 aliphatic heterocycles. The molecule has 0 aliphatic rings. The molecule has 3 N–H and O–H groups in total. The van der Waals surface area contributed by atoms with E-state index in [0.717, 1.165) is 96.3 Å². The summed E-state index contributed by atoms with van der Waals surface area (Å²) in [5.74, 6) is -0.106.